The van der Waals surface area contributed by atoms with Crippen molar-refractivity contribution in [3.63, 3.8) is 0 Å². The van der Waals surface area contributed by atoms with Gasteiger partial charge in [-0.1, -0.05) is 60.3 Å². The Balaban J connectivity index is 1.44. The second-order valence-electron chi connectivity index (χ2n) is 6.83. The number of aryl methyl sites for hydroxylation is 1. The molecule has 8 heteroatoms. The molecule has 0 aliphatic heterocycles. The van der Waals surface area contributed by atoms with Gasteiger partial charge < -0.3 is 10.3 Å². The van der Waals surface area contributed by atoms with Crippen LogP contribution in [0.25, 0.3) is 16.7 Å². The van der Waals surface area contributed by atoms with E-state index in [2.05, 4.69) is 20.4 Å². The van der Waals surface area contributed by atoms with Crippen LogP contribution >= 0.6 is 11.8 Å². The van der Waals surface area contributed by atoms with E-state index in [1.54, 1.807) is 4.68 Å². The van der Waals surface area contributed by atoms with Crippen molar-refractivity contribution >= 4 is 28.7 Å². The average Bonchev–Trinajstić information content (AvgIpc) is 3.18. The molecular formula is C22H21N5O2S. The standard InChI is InChI=1S/C22H21N5O2S/c1-15-7-5-6-10-18(15)27-20-17(13-24-27)21(29)26-22(25-20)30-14-19(28)23-12-11-16-8-3-2-4-9-16/h2-10,13H,11-12,14H2,1H3,(H,23,28)(H,25,26,29). The van der Waals surface area contributed by atoms with Gasteiger partial charge in [-0.15, -0.1) is 0 Å². The summed E-state index contributed by atoms with van der Waals surface area (Å²) in [5.41, 5.74) is 3.26. The molecule has 0 saturated heterocycles. The lowest BCUT2D eigenvalue weighted by Crippen LogP contribution is -2.27. The van der Waals surface area contributed by atoms with Gasteiger partial charge in [-0.3, -0.25) is 9.59 Å². The Morgan fingerprint density at radius 3 is 2.70 bits per heavy atom. The van der Waals surface area contributed by atoms with E-state index < -0.39 is 0 Å². The number of carbonyl (C=O) groups is 1. The van der Waals surface area contributed by atoms with E-state index >= 15 is 0 Å². The third-order valence-electron chi connectivity index (χ3n) is 4.68. The van der Waals surface area contributed by atoms with Crippen molar-refractivity contribution in [2.45, 2.75) is 18.5 Å². The van der Waals surface area contributed by atoms with Crippen molar-refractivity contribution in [3.8, 4) is 5.69 Å². The molecule has 0 saturated carbocycles. The lowest BCUT2D eigenvalue weighted by atomic mass is 10.1. The molecule has 2 N–H and O–H groups in total. The molecule has 2 aromatic carbocycles. The molecule has 0 unspecified atom stereocenters. The number of amides is 1. The van der Waals surface area contributed by atoms with Gasteiger partial charge in [-0.25, -0.2) is 9.67 Å². The summed E-state index contributed by atoms with van der Waals surface area (Å²) in [6.45, 7) is 2.54. The van der Waals surface area contributed by atoms with E-state index in [0.29, 0.717) is 22.7 Å². The van der Waals surface area contributed by atoms with Gasteiger partial charge in [0.05, 0.1) is 17.6 Å². The molecule has 4 aromatic rings. The highest BCUT2D eigenvalue weighted by atomic mass is 32.2. The number of benzene rings is 2. The molecule has 0 aliphatic carbocycles. The summed E-state index contributed by atoms with van der Waals surface area (Å²) in [6, 6.07) is 17.8. The number of hydrogen-bond acceptors (Lipinski definition) is 5. The van der Waals surface area contributed by atoms with Crippen LogP contribution in [0.4, 0.5) is 0 Å². The molecule has 0 atom stereocenters. The summed E-state index contributed by atoms with van der Waals surface area (Å²) in [7, 11) is 0. The van der Waals surface area contributed by atoms with Crippen LogP contribution in [0.1, 0.15) is 11.1 Å². The zero-order chi connectivity index (χ0) is 20.9. The lowest BCUT2D eigenvalue weighted by molar-refractivity contribution is -0.118. The fourth-order valence-electron chi connectivity index (χ4n) is 3.12. The van der Waals surface area contributed by atoms with E-state index in [1.807, 2.05) is 61.5 Å². The third-order valence-corrected chi connectivity index (χ3v) is 5.55. The summed E-state index contributed by atoms with van der Waals surface area (Å²) in [6.07, 6.45) is 2.28. The van der Waals surface area contributed by atoms with Crippen molar-refractivity contribution in [1.82, 2.24) is 25.1 Å². The van der Waals surface area contributed by atoms with E-state index in [4.69, 9.17) is 0 Å². The first-order valence-corrected chi connectivity index (χ1v) is 10.6. The Labute approximate surface area is 177 Å². The minimum Gasteiger partial charge on any atom is -0.355 e. The molecule has 0 fully saturated rings. The number of H-pyrrole nitrogens is 1. The first kappa shape index (κ1) is 19.9. The Hall–Kier alpha value is -3.39. The fraction of sp³-hybridized carbons (Fsp3) is 0.182. The van der Waals surface area contributed by atoms with E-state index in [1.165, 1.54) is 23.5 Å². The number of rotatable bonds is 7. The van der Waals surface area contributed by atoms with Crippen LogP contribution in [0.2, 0.25) is 0 Å². The van der Waals surface area contributed by atoms with E-state index in [-0.39, 0.29) is 17.2 Å². The number of hydrogen-bond donors (Lipinski definition) is 2. The van der Waals surface area contributed by atoms with Crippen molar-refractivity contribution in [1.29, 1.82) is 0 Å². The number of aromatic nitrogens is 4. The Bertz CT molecular complexity index is 1230. The molecule has 1 amide bonds. The van der Waals surface area contributed by atoms with Gasteiger partial charge in [0.15, 0.2) is 10.8 Å². The molecule has 2 heterocycles. The highest BCUT2D eigenvalue weighted by Gasteiger charge is 2.14. The quantitative estimate of drug-likeness (QED) is 0.355. The number of para-hydroxylation sites is 1. The minimum atomic E-state index is -0.271. The molecule has 0 radical (unpaired) electrons. The summed E-state index contributed by atoms with van der Waals surface area (Å²) in [4.78, 5) is 31.9. The molecule has 30 heavy (non-hydrogen) atoms. The van der Waals surface area contributed by atoms with Gasteiger partial charge in [-0.05, 0) is 30.5 Å². The van der Waals surface area contributed by atoms with Crippen LogP contribution in [0, 0.1) is 6.92 Å². The lowest BCUT2D eigenvalue weighted by Gasteiger charge is -2.07. The summed E-state index contributed by atoms with van der Waals surface area (Å²) < 4.78 is 1.66. The fourth-order valence-corrected chi connectivity index (χ4v) is 3.81. The monoisotopic (exact) mass is 419 g/mol. The first-order chi connectivity index (χ1) is 14.6. The molecule has 152 valence electrons. The molecular weight excluding hydrogens is 398 g/mol. The number of thioether (sulfide) groups is 1. The predicted octanol–water partition coefficient (Wildman–Crippen LogP) is 2.87. The highest BCUT2D eigenvalue weighted by Crippen LogP contribution is 2.19. The maximum absolute atomic E-state index is 12.4. The van der Waals surface area contributed by atoms with Gasteiger partial charge in [0.2, 0.25) is 5.91 Å². The Kier molecular flexibility index (Phi) is 5.94. The van der Waals surface area contributed by atoms with Crippen LogP contribution in [0.5, 0.6) is 0 Å². The number of nitrogens with one attached hydrogen (secondary N) is 2. The summed E-state index contributed by atoms with van der Waals surface area (Å²) in [5, 5.41) is 8.04. The van der Waals surface area contributed by atoms with E-state index in [0.717, 1.165) is 17.7 Å². The van der Waals surface area contributed by atoms with Crippen LogP contribution in [-0.2, 0) is 11.2 Å². The number of carbonyl (C=O) groups excluding carboxylic acids is 1. The SMILES string of the molecule is Cc1ccccc1-n1ncc2c(=O)[nH]c(SCC(=O)NCCc3ccccc3)nc21. The smallest absolute Gasteiger partial charge is 0.262 e. The van der Waals surface area contributed by atoms with Crippen LogP contribution in [0.3, 0.4) is 0 Å². The van der Waals surface area contributed by atoms with Gasteiger partial charge in [0.1, 0.15) is 5.39 Å². The Morgan fingerprint density at radius 1 is 1.13 bits per heavy atom. The van der Waals surface area contributed by atoms with Crippen LogP contribution in [0.15, 0.2) is 70.7 Å². The molecule has 0 bridgehead atoms. The van der Waals surface area contributed by atoms with Crippen molar-refractivity contribution in [2.24, 2.45) is 0 Å². The maximum Gasteiger partial charge on any atom is 0.262 e. The third kappa shape index (κ3) is 4.44. The largest absolute Gasteiger partial charge is 0.355 e. The van der Waals surface area contributed by atoms with Crippen molar-refractivity contribution in [2.75, 3.05) is 12.3 Å². The van der Waals surface area contributed by atoms with Crippen molar-refractivity contribution < 1.29 is 4.79 Å². The topological polar surface area (TPSA) is 92.7 Å². The highest BCUT2D eigenvalue weighted by molar-refractivity contribution is 7.99. The van der Waals surface area contributed by atoms with Crippen LogP contribution in [-0.4, -0.2) is 38.0 Å². The van der Waals surface area contributed by atoms with Gasteiger partial charge in [0.25, 0.3) is 5.56 Å². The van der Waals surface area contributed by atoms with Gasteiger partial charge >= 0.3 is 0 Å². The predicted molar refractivity (Wildman–Crippen MR) is 118 cm³/mol. The zero-order valence-corrected chi connectivity index (χ0v) is 17.3. The number of aromatic amines is 1. The first-order valence-electron chi connectivity index (χ1n) is 9.59. The molecule has 0 spiro atoms. The van der Waals surface area contributed by atoms with E-state index in [9.17, 15) is 9.59 Å². The second-order valence-corrected chi connectivity index (χ2v) is 7.79. The number of nitrogens with zero attached hydrogens (tertiary/aromatic N) is 3. The van der Waals surface area contributed by atoms with Crippen LogP contribution < -0.4 is 10.9 Å². The molecule has 7 nitrogen and oxygen atoms in total. The average molecular weight is 420 g/mol. The van der Waals surface area contributed by atoms with Gasteiger partial charge in [0, 0.05) is 6.54 Å². The zero-order valence-electron chi connectivity index (χ0n) is 16.5. The second kappa shape index (κ2) is 8.96. The van der Waals surface area contributed by atoms with Crippen molar-refractivity contribution in [3.05, 3.63) is 82.3 Å². The molecule has 4 rings (SSSR count). The minimum absolute atomic E-state index is 0.105. The van der Waals surface area contributed by atoms with Gasteiger partial charge in [-0.2, -0.15) is 5.10 Å². The normalized spacial score (nSPS) is 11.0. The number of fused-ring (bicyclic) bond motifs is 1. The maximum atomic E-state index is 12.4. The molecule has 2 aromatic heterocycles. The molecule has 0 aliphatic rings. The summed E-state index contributed by atoms with van der Waals surface area (Å²) >= 11 is 1.20. The summed E-state index contributed by atoms with van der Waals surface area (Å²) in [5.74, 6) is 0.0629. The Morgan fingerprint density at radius 2 is 1.90 bits per heavy atom.